The third-order valence-electron chi connectivity index (χ3n) is 5.35. The first-order valence-electron chi connectivity index (χ1n) is 9.99. The molecule has 1 fully saturated rings. The largest absolute Gasteiger partial charge is 0.342 e. The minimum atomic E-state index is -0.258. The molecule has 0 radical (unpaired) electrons. The maximum absolute atomic E-state index is 13.1. The second-order valence-corrected chi connectivity index (χ2v) is 8.65. The van der Waals surface area contributed by atoms with Gasteiger partial charge in [0.05, 0.1) is 16.2 Å². The summed E-state index contributed by atoms with van der Waals surface area (Å²) in [6.07, 6.45) is 5.39. The Labute approximate surface area is 165 Å². The van der Waals surface area contributed by atoms with E-state index in [1.165, 1.54) is 24.6 Å². The molecule has 1 aromatic heterocycles. The number of likely N-dealkylation sites (tertiary alicyclic amines) is 1. The van der Waals surface area contributed by atoms with E-state index in [-0.39, 0.29) is 22.8 Å². The van der Waals surface area contributed by atoms with E-state index < -0.39 is 0 Å². The van der Waals surface area contributed by atoms with Gasteiger partial charge in [-0.1, -0.05) is 43.7 Å². The highest BCUT2D eigenvalue weighted by Gasteiger charge is 2.25. The summed E-state index contributed by atoms with van der Waals surface area (Å²) in [6.45, 7) is 7.70. The fraction of sp³-hybridized carbons (Fsp3) is 0.571. The van der Waals surface area contributed by atoms with Crippen molar-refractivity contribution >= 4 is 28.6 Å². The van der Waals surface area contributed by atoms with Crippen LogP contribution in [0, 0.1) is 0 Å². The van der Waals surface area contributed by atoms with Crippen LogP contribution < -0.4 is 5.56 Å². The first-order valence-corrected chi connectivity index (χ1v) is 10.9. The highest BCUT2D eigenvalue weighted by atomic mass is 32.2. The molecule has 146 valence electrons. The number of aromatic nitrogens is 2. The van der Waals surface area contributed by atoms with Crippen molar-refractivity contribution in [1.82, 2.24) is 14.5 Å². The van der Waals surface area contributed by atoms with Crippen LogP contribution in [0.25, 0.3) is 10.9 Å². The number of hydrogen-bond acceptors (Lipinski definition) is 4. The fourth-order valence-corrected chi connectivity index (χ4v) is 4.63. The fourth-order valence-electron chi connectivity index (χ4n) is 3.54. The van der Waals surface area contributed by atoms with Crippen molar-refractivity contribution < 1.29 is 4.79 Å². The molecule has 0 aliphatic carbocycles. The standard InChI is InChI=1S/C21H29N3O2S/c1-4-15(2)24-20(26)17-11-7-8-12-18(17)22-21(24)27-16(3)19(25)23-13-9-5-6-10-14-23/h7-8,11-12,15-16H,4-6,9-10,13-14H2,1-3H3/t15-,16-/m1/s1. The van der Waals surface area contributed by atoms with Crippen molar-refractivity contribution in [3.63, 3.8) is 0 Å². The Morgan fingerprint density at radius 3 is 2.48 bits per heavy atom. The lowest BCUT2D eigenvalue weighted by Gasteiger charge is -2.25. The maximum Gasteiger partial charge on any atom is 0.262 e. The summed E-state index contributed by atoms with van der Waals surface area (Å²) in [5, 5.41) is 1.02. The van der Waals surface area contributed by atoms with E-state index in [9.17, 15) is 9.59 Å². The van der Waals surface area contributed by atoms with Crippen LogP contribution in [-0.2, 0) is 4.79 Å². The van der Waals surface area contributed by atoms with Crippen molar-refractivity contribution in [3.05, 3.63) is 34.6 Å². The number of para-hydroxylation sites is 1. The van der Waals surface area contributed by atoms with Gasteiger partial charge in [-0.2, -0.15) is 0 Å². The van der Waals surface area contributed by atoms with Gasteiger partial charge in [0, 0.05) is 19.1 Å². The molecule has 1 aromatic carbocycles. The Hall–Kier alpha value is -1.82. The summed E-state index contributed by atoms with van der Waals surface area (Å²) < 4.78 is 1.76. The van der Waals surface area contributed by atoms with Crippen LogP contribution in [0.3, 0.4) is 0 Å². The zero-order valence-electron chi connectivity index (χ0n) is 16.5. The van der Waals surface area contributed by atoms with Gasteiger partial charge in [0.1, 0.15) is 0 Å². The molecule has 1 saturated heterocycles. The maximum atomic E-state index is 13.1. The highest BCUT2D eigenvalue weighted by molar-refractivity contribution is 8.00. The van der Waals surface area contributed by atoms with Crippen molar-refractivity contribution in [2.24, 2.45) is 0 Å². The number of hydrogen-bond donors (Lipinski definition) is 0. The molecule has 2 heterocycles. The molecule has 3 rings (SSSR count). The Morgan fingerprint density at radius 1 is 1.15 bits per heavy atom. The highest BCUT2D eigenvalue weighted by Crippen LogP contribution is 2.27. The molecule has 2 atom stereocenters. The number of fused-ring (bicyclic) bond motifs is 1. The average molecular weight is 388 g/mol. The van der Waals surface area contributed by atoms with Gasteiger partial charge >= 0.3 is 0 Å². The van der Waals surface area contributed by atoms with E-state index in [0.717, 1.165) is 32.4 Å². The van der Waals surface area contributed by atoms with Crippen LogP contribution in [0.2, 0.25) is 0 Å². The van der Waals surface area contributed by atoms with Crippen LogP contribution in [-0.4, -0.2) is 38.7 Å². The number of benzene rings is 1. The Morgan fingerprint density at radius 2 is 1.81 bits per heavy atom. The predicted octanol–water partition coefficient (Wildman–Crippen LogP) is 4.25. The van der Waals surface area contributed by atoms with E-state index in [1.807, 2.05) is 43.0 Å². The van der Waals surface area contributed by atoms with Crippen LogP contribution in [0.15, 0.2) is 34.2 Å². The number of carbonyl (C=O) groups is 1. The number of rotatable bonds is 5. The molecule has 1 aliphatic heterocycles. The summed E-state index contributed by atoms with van der Waals surface area (Å²) >= 11 is 1.41. The summed E-state index contributed by atoms with van der Waals surface area (Å²) in [6, 6.07) is 7.48. The second-order valence-electron chi connectivity index (χ2n) is 7.34. The lowest BCUT2D eigenvalue weighted by atomic mass is 10.2. The zero-order chi connectivity index (χ0) is 19.4. The quantitative estimate of drug-likeness (QED) is 0.568. The molecule has 1 aliphatic rings. The van der Waals surface area contributed by atoms with Crippen LogP contribution in [0.1, 0.15) is 58.9 Å². The molecule has 5 nitrogen and oxygen atoms in total. The summed E-state index contributed by atoms with van der Waals surface area (Å²) in [4.78, 5) is 32.7. The molecule has 6 heteroatoms. The second kappa shape index (κ2) is 8.91. The topological polar surface area (TPSA) is 55.2 Å². The van der Waals surface area contributed by atoms with Crippen molar-refractivity contribution in [2.45, 2.75) is 69.3 Å². The minimum Gasteiger partial charge on any atom is -0.342 e. The van der Waals surface area contributed by atoms with Gasteiger partial charge in [-0.05, 0) is 45.2 Å². The summed E-state index contributed by atoms with van der Waals surface area (Å²) in [7, 11) is 0. The third kappa shape index (κ3) is 4.37. The van der Waals surface area contributed by atoms with Gasteiger partial charge in [-0.15, -0.1) is 0 Å². The number of carbonyl (C=O) groups excluding carboxylic acids is 1. The Kier molecular flexibility index (Phi) is 6.58. The molecular weight excluding hydrogens is 358 g/mol. The van der Waals surface area contributed by atoms with E-state index in [4.69, 9.17) is 4.98 Å². The predicted molar refractivity (Wildman–Crippen MR) is 111 cm³/mol. The van der Waals surface area contributed by atoms with Gasteiger partial charge in [0.25, 0.3) is 5.56 Å². The molecule has 0 unspecified atom stereocenters. The lowest BCUT2D eigenvalue weighted by molar-refractivity contribution is -0.130. The first-order chi connectivity index (χ1) is 13.0. The summed E-state index contributed by atoms with van der Waals surface area (Å²) in [5.74, 6) is 0.153. The van der Waals surface area contributed by atoms with Crippen molar-refractivity contribution in [3.8, 4) is 0 Å². The van der Waals surface area contributed by atoms with E-state index in [1.54, 1.807) is 4.57 Å². The minimum absolute atomic E-state index is 0.0214. The van der Waals surface area contributed by atoms with Crippen LogP contribution >= 0.6 is 11.8 Å². The normalized spacial score (nSPS) is 17.5. The molecule has 0 saturated carbocycles. The van der Waals surface area contributed by atoms with E-state index in [0.29, 0.717) is 16.1 Å². The summed E-state index contributed by atoms with van der Waals surface area (Å²) in [5.41, 5.74) is 0.672. The number of amides is 1. The SMILES string of the molecule is CC[C@@H](C)n1c(S[C@H](C)C(=O)N2CCCCCC2)nc2ccccc2c1=O. The molecule has 27 heavy (non-hydrogen) atoms. The Bertz CT molecular complexity index is 856. The van der Waals surface area contributed by atoms with Crippen molar-refractivity contribution in [1.29, 1.82) is 0 Å². The van der Waals surface area contributed by atoms with Crippen molar-refractivity contribution in [2.75, 3.05) is 13.1 Å². The molecule has 0 bridgehead atoms. The molecule has 0 N–H and O–H groups in total. The lowest BCUT2D eigenvalue weighted by Crippen LogP contribution is -2.37. The van der Waals surface area contributed by atoms with E-state index in [2.05, 4.69) is 6.92 Å². The van der Waals surface area contributed by atoms with Gasteiger partial charge in [0.15, 0.2) is 5.16 Å². The van der Waals surface area contributed by atoms with Gasteiger partial charge in [-0.3, -0.25) is 14.2 Å². The molecule has 2 aromatic rings. The van der Waals surface area contributed by atoms with Gasteiger partial charge in [-0.25, -0.2) is 4.98 Å². The van der Waals surface area contributed by atoms with Crippen LogP contribution in [0.4, 0.5) is 0 Å². The molecular formula is C21H29N3O2S. The zero-order valence-corrected chi connectivity index (χ0v) is 17.3. The monoisotopic (exact) mass is 387 g/mol. The number of nitrogens with zero attached hydrogens (tertiary/aromatic N) is 3. The third-order valence-corrected chi connectivity index (χ3v) is 6.41. The van der Waals surface area contributed by atoms with Gasteiger partial charge < -0.3 is 4.90 Å². The average Bonchev–Trinajstić information content (AvgIpc) is 2.96. The molecule has 1 amide bonds. The van der Waals surface area contributed by atoms with Crippen LogP contribution in [0.5, 0.6) is 0 Å². The van der Waals surface area contributed by atoms with Gasteiger partial charge in [0.2, 0.25) is 5.91 Å². The molecule has 0 spiro atoms. The smallest absolute Gasteiger partial charge is 0.262 e. The Balaban J connectivity index is 1.92. The number of thioether (sulfide) groups is 1. The van der Waals surface area contributed by atoms with E-state index >= 15 is 0 Å². The first kappa shape index (κ1) is 19.9.